The average molecular weight is 471 g/mol. The third kappa shape index (κ3) is 5.47. The van der Waals surface area contributed by atoms with Gasteiger partial charge in [-0.05, 0) is 47.9 Å². The Labute approximate surface area is 195 Å². The highest BCUT2D eigenvalue weighted by atomic mass is 35.5. The minimum absolute atomic E-state index is 0.00744. The molecule has 1 aliphatic rings. The van der Waals surface area contributed by atoms with E-state index in [9.17, 15) is 18.4 Å². The van der Waals surface area contributed by atoms with E-state index in [-0.39, 0.29) is 23.2 Å². The van der Waals surface area contributed by atoms with Gasteiger partial charge >= 0.3 is 6.18 Å². The first kappa shape index (κ1) is 23.1. The predicted octanol–water partition coefficient (Wildman–Crippen LogP) is 5.91. The number of hydrogen-bond acceptors (Lipinski definition) is 4. The minimum Gasteiger partial charge on any atom is -0.363 e. The molecule has 33 heavy (non-hydrogen) atoms. The molecular weight excluding hydrogens is 449 g/mol. The number of anilines is 1. The van der Waals surface area contributed by atoms with Gasteiger partial charge in [-0.1, -0.05) is 35.9 Å². The van der Waals surface area contributed by atoms with Crippen LogP contribution in [0.3, 0.4) is 0 Å². The molecule has 0 N–H and O–H groups in total. The van der Waals surface area contributed by atoms with E-state index >= 15 is 0 Å². The molecule has 0 radical (unpaired) electrons. The van der Waals surface area contributed by atoms with Crippen LogP contribution < -0.4 is 4.90 Å². The highest BCUT2D eigenvalue weighted by molar-refractivity contribution is 6.32. The molecule has 0 spiro atoms. The summed E-state index contributed by atoms with van der Waals surface area (Å²) in [6, 6.07) is 16.6. The van der Waals surface area contributed by atoms with Crippen molar-refractivity contribution in [2.75, 3.05) is 18.0 Å². The van der Waals surface area contributed by atoms with Crippen LogP contribution in [-0.2, 0) is 19.3 Å². The SMILES string of the molecule is N#Cc1ccc(N(Cc2ccccc2C(F)(F)F)C2CCN(Cc3cccnc3)C2)cc1Cl. The van der Waals surface area contributed by atoms with Gasteiger partial charge in [-0.3, -0.25) is 9.88 Å². The second kappa shape index (κ2) is 9.82. The molecule has 2 aromatic carbocycles. The van der Waals surface area contributed by atoms with Crippen molar-refractivity contribution in [1.29, 1.82) is 5.26 Å². The third-order valence-electron chi connectivity index (χ3n) is 5.89. The van der Waals surface area contributed by atoms with E-state index in [0.717, 1.165) is 31.1 Å². The van der Waals surface area contributed by atoms with Crippen LogP contribution in [0.2, 0.25) is 5.02 Å². The molecule has 1 aromatic heterocycles. The molecule has 2 heterocycles. The highest BCUT2D eigenvalue weighted by Gasteiger charge is 2.35. The summed E-state index contributed by atoms with van der Waals surface area (Å²) in [7, 11) is 0. The summed E-state index contributed by atoms with van der Waals surface area (Å²) in [6.07, 6.45) is -0.0888. The maximum atomic E-state index is 13.7. The largest absolute Gasteiger partial charge is 0.416 e. The number of likely N-dealkylation sites (tertiary alicyclic amines) is 1. The normalized spacial score (nSPS) is 16.5. The number of pyridine rings is 1. The molecule has 0 saturated carbocycles. The van der Waals surface area contributed by atoms with E-state index in [0.29, 0.717) is 17.8 Å². The number of benzene rings is 2. The Morgan fingerprint density at radius 2 is 1.97 bits per heavy atom. The van der Waals surface area contributed by atoms with E-state index in [1.807, 2.05) is 29.3 Å². The predicted molar refractivity (Wildman–Crippen MR) is 122 cm³/mol. The lowest BCUT2D eigenvalue weighted by atomic mass is 10.0. The topological polar surface area (TPSA) is 43.2 Å². The van der Waals surface area contributed by atoms with E-state index < -0.39 is 11.7 Å². The van der Waals surface area contributed by atoms with Crippen LogP contribution in [0.5, 0.6) is 0 Å². The quantitative estimate of drug-likeness (QED) is 0.449. The Morgan fingerprint density at radius 3 is 2.67 bits per heavy atom. The van der Waals surface area contributed by atoms with Crippen molar-refractivity contribution in [3.05, 3.63) is 94.3 Å². The number of halogens is 4. The number of alkyl halides is 3. The fraction of sp³-hybridized carbons (Fsp3) is 0.280. The molecule has 1 aliphatic heterocycles. The van der Waals surface area contributed by atoms with Gasteiger partial charge in [-0.15, -0.1) is 0 Å². The number of nitrogens with zero attached hydrogens (tertiary/aromatic N) is 4. The Balaban J connectivity index is 1.63. The molecule has 0 bridgehead atoms. The van der Waals surface area contributed by atoms with Crippen molar-refractivity contribution in [2.24, 2.45) is 0 Å². The van der Waals surface area contributed by atoms with Crippen molar-refractivity contribution < 1.29 is 13.2 Å². The number of hydrogen-bond donors (Lipinski definition) is 0. The van der Waals surface area contributed by atoms with Gasteiger partial charge in [0.05, 0.1) is 16.1 Å². The van der Waals surface area contributed by atoms with E-state index in [1.165, 1.54) is 12.1 Å². The maximum Gasteiger partial charge on any atom is 0.416 e. The minimum atomic E-state index is -4.44. The fourth-order valence-corrected chi connectivity index (χ4v) is 4.50. The maximum absolute atomic E-state index is 13.7. The molecule has 1 unspecified atom stereocenters. The van der Waals surface area contributed by atoms with Gasteiger partial charge in [-0.2, -0.15) is 18.4 Å². The molecule has 1 saturated heterocycles. The van der Waals surface area contributed by atoms with Crippen LogP contribution >= 0.6 is 11.6 Å². The van der Waals surface area contributed by atoms with Gasteiger partial charge in [0.25, 0.3) is 0 Å². The van der Waals surface area contributed by atoms with Crippen LogP contribution in [0.25, 0.3) is 0 Å². The first-order chi connectivity index (χ1) is 15.8. The van der Waals surface area contributed by atoms with Crippen LogP contribution in [0.1, 0.15) is 28.7 Å². The molecular formula is C25H22ClF3N4. The standard InChI is InChI=1S/C25H22ClF3N4/c26-24-12-21(8-7-19(24)13-30)33(16-20-5-1-2-6-23(20)25(27,28)29)22-9-11-32(17-22)15-18-4-3-10-31-14-18/h1-8,10,12,14,22H,9,11,15-17H2. The van der Waals surface area contributed by atoms with Gasteiger partial charge in [0.2, 0.25) is 0 Å². The summed E-state index contributed by atoms with van der Waals surface area (Å²) in [5, 5.41) is 9.50. The first-order valence-electron chi connectivity index (χ1n) is 10.6. The number of aromatic nitrogens is 1. The molecule has 1 fully saturated rings. The summed E-state index contributed by atoms with van der Waals surface area (Å²) in [5.41, 5.74) is 1.69. The molecule has 0 aliphatic carbocycles. The second-order valence-electron chi connectivity index (χ2n) is 8.10. The monoisotopic (exact) mass is 470 g/mol. The zero-order chi connectivity index (χ0) is 23.4. The summed E-state index contributed by atoms with van der Waals surface area (Å²) in [4.78, 5) is 8.40. The molecule has 170 valence electrons. The zero-order valence-corrected chi connectivity index (χ0v) is 18.5. The van der Waals surface area contributed by atoms with Crippen LogP contribution in [0.4, 0.5) is 18.9 Å². The second-order valence-corrected chi connectivity index (χ2v) is 8.50. The number of nitriles is 1. The average Bonchev–Trinajstić information content (AvgIpc) is 3.25. The van der Waals surface area contributed by atoms with Crippen molar-refractivity contribution in [2.45, 2.75) is 31.7 Å². The van der Waals surface area contributed by atoms with E-state index in [4.69, 9.17) is 11.6 Å². The third-order valence-corrected chi connectivity index (χ3v) is 6.20. The molecule has 1 atom stereocenters. The van der Waals surface area contributed by atoms with Crippen molar-refractivity contribution >= 4 is 17.3 Å². The lowest BCUT2D eigenvalue weighted by molar-refractivity contribution is -0.138. The van der Waals surface area contributed by atoms with Crippen LogP contribution in [0, 0.1) is 11.3 Å². The molecule has 8 heteroatoms. The summed E-state index contributed by atoms with van der Waals surface area (Å²) < 4.78 is 41.0. The Kier molecular flexibility index (Phi) is 6.87. The van der Waals surface area contributed by atoms with Crippen molar-refractivity contribution in [1.82, 2.24) is 9.88 Å². The molecule has 0 amide bonds. The number of rotatable bonds is 6. The smallest absolute Gasteiger partial charge is 0.363 e. The zero-order valence-electron chi connectivity index (χ0n) is 17.8. The fourth-order valence-electron chi connectivity index (χ4n) is 4.28. The molecule has 4 nitrogen and oxygen atoms in total. The summed E-state index contributed by atoms with van der Waals surface area (Å²) >= 11 is 6.28. The van der Waals surface area contributed by atoms with Crippen LogP contribution in [0.15, 0.2) is 67.0 Å². The summed E-state index contributed by atoms with van der Waals surface area (Å²) in [6.45, 7) is 2.33. The van der Waals surface area contributed by atoms with Gasteiger partial charge < -0.3 is 4.90 Å². The van der Waals surface area contributed by atoms with Gasteiger partial charge in [0, 0.05) is 50.3 Å². The first-order valence-corrected chi connectivity index (χ1v) is 11.0. The Morgan fingerprint density at radius 1 is 1.15 bits per heavy atom. The van der Waals surface area contributed by atoms with Gasteiger partial charge in [0.1, 0.15) is 6.07 Å². The Hall–Kier alpha value is -3.08. The highest BCUT2D eigenvalue weighted by Crippen LogP contribution is 2.35. The van der Waals surface area contributed by atoms with E-state index in [2.05, 4.69) is 9.88 Å². The Bertz CT molecular complexity index is 1140. The van der Waals surface area contributed by atoms with E-state index in [1.54, 1.807) is 30.5 Å². The van der Waals surface area contributed by atoms with Gasteiger partial charge in [-0.25, -0.2) is 0 Å². The van der Waals surface area contributed by atoms with Crippen molar-refractivity contribution in [3.8, 4) is 6.07 Å². The lowest BCUT2D eigenvalue weighted by Gasteiger charge is -2.32. The lowest BCUT2D eigenvalue weighted by Crippen LogP contribution is -2.37. The van der Waals surface area contributed by atoms with Crippen molar-refractivity contribution in [3.63, 3.8) is 0 Å². The molecule has 3 aromatic rings. The van der Waals surface area contributed by atoms with Crippen LogP contribution in [-0.4, -0.2) is 29.0 Å². The van der Waals surface area contributed by atoms with Gasteiger partial charge in [0.15, 0.2) is 0 Å². The summed E-state index contributed by atoms with van der Waals surface area (Å²) in [5.74, 6) is 0. The molecule has 4 rings (SSSR count).